The van der Waals surface area contributed by atoms with Crippen molar-refractivity contribution in [2.45, 2.75) is 100 Å². The van der Waals surface area contributed by atoms with Crippen molar-refractivity contribution in [1.29, 1.82) is 0 Å². The molecule has 4 atom stereocenters. The van der Waals surface area contributed by atoms with E-state index in [4.69, 9.17) is 0 Å². The van der Waals surface area contributed by atoms with E-state index in [1.54, 1.807) is 13.0 Å². The van der Waals surface area contributed by atoms with Crippen LogP contribution in [0.4, 0.5) is 0 Å². The molecule has 2 aliphatic heterocycles. The van der Waals surface area contributed by atoms with Gasteiger partial charge in [0.2, 0.25) is 21.8 Å². The zero-order chi connectivity index (χ0) is 28.7. The Labute approximate surface area is 239 Å². The number of allylic oxidation sites excluding steroid dienone is 1. The number of thiophene rings is 1. The molecule has 40 heavy (non-hydrogen) atoms. The molecule has 10 nitrogen and oxygen atoms in total. The van der Waals surface area contributed by atoms with Crippen LogP contribution in [0.2, 0.25) is 0 Å². The highest BCUT2D eigenvalue weighted by atomic mass is 32.2. The summed E-state index contributed by atoms with van der Waals surface area (Å²) in [5.41, 5.74) is -1.37. The van der Waals surface area contributed by atoms with Crippen molar-refractivity contribution in [3.8, 4) is 0 Å². The van der Waals surface area contributed by atoms with Crippen LogP contribution in [0, 0.1) is 12.8 Å². The lowest BCUT2D eigenvalue weighted by Gasteiger charge is -2.30. The van der Waals surface area contributed by atoms with Crippen molar-refractivity contribution in [1.82, 2.24) is 20.3 Å². The van der Waals surface area contributed by atoms with Gasteiger partial charge in [-0.1, -0.05) is 25.0 Å². The first-order chi connectivity index (χ1) is 19.0. The maximum absolute atomic E-state index is 13.8. The molecule has 1 saturated heterocycles. The number of carbonyl (C=O) groups is 4. The average molecular weight is 591 g/mol. The van der Waals surface area contributed by atoms with E-state index < -0.39 is 44.2 Å². The lowest BCUT2D eigenvalue weighted by molar-refractivity contribution is -0.141. The van der Waals surface area contributed by atoms with E-state index in [-0.39, 0.29) is 17.7 Å². The molecular formula is C28H38N4O6S2. The van der Waals surface area contributed by atoms with Crippen molar-refractivity contribution in [2.24, 2.45) is 5.92 Å². The number of amides is 4. The molecule has 3 N–H and O–H groups in total. The van der Waals surface area contributed by atoms with E-state index in [9.17, 15) is 27.6 Å². The van der Waals surface area contributed by atoms with Gasteiger partial charge in [0.1, 0.15) is 17.6 Å². The Hall–Kier alpha value is -2.73. The quantitative estimate of drug-likeness (QED) is 0.450. The number of carbonyl (C=O) groups excluding carboxylic acids is 4. The molecule has 2 unspecified atom stereocenters. The Balaban J connectivity index is 1.36. The van der Waals surface area contributed by atoms with Crippen LogP contribution in [0.3, 0.4) is 0 Å². The molecule has 4 aliphatic rings. The first-order valence-corrected chi connectivity index (χ1v) is 16.5. The first-order valence-electron chi connectivity index (χ1n) is 14.2. The molecule has 2 saturated carbocycles. The van der Waals surface area contributed by atoms with Crippen LogP contribution in [-0.2, 0) is 24.4 Å². The molecule has 2 aliphatic carbocycles. The van der Waals surface area contributed by atoms with Crippen LogP contribution in [0.15, 0.2) is 24.3 Å². The molecule has 0 bridgehead atoms. The highest BCUT2D eigenvalue weighted by molar-refractivity contribution is 7.91. The second-order valence-electron chi connectivity index (χ2n) is 11.8. The van der Waals surface area contributed by atoms with Gasteiger partial charge in [-0.05, 0) is 77.3 Å². The van der Waals surface area contributed by atoms with Crippen LogP contribution in [0.5, 0.6) is 0 Å². The minimum atomic E-state index is -3.88. The van der Waals surface area contributed by atoms with Crippen LogP contribution >= 0.6 is 11.3 Å². The van der Waals surface area contributed by atoms with E-state index in [1.807, 2.05) is 25.1 Å². The van der Waals surface area contributed by atoms with Crippen molar-refractivity contribution in [3.05, 3.63) is 34.0 Å². The highest BCUT2D eigenvalue weighted by Gasteiger charge is 2.62. The molecule has 1 aromatic rings. The number of nitrogens with zero attached hydrogens (tertiary/aromatic N) is 1. The lowest BCUT2D eigenvalue weighted by Crippen LogP contribution is -2.58. The van der Waals surface area contributed by atoms with E-state index in [0.717, 1.165) is 30.6 Å². The topological polar surface area (TPSA) is 142 Å². The monoisotopic (exact) mass is 590 g/mol. The van der Waals surface area contributed by atoms with E-state index in [2.05, 4.69) is 15.4 Å². The lowest BCUT2D eigenvalue weighted by atomic mass is 10.0. The number of hydrogen-bond acceptors (Lipinski definition) is 7. The van der Waals surface area contributed by atoms with Gasteiger partial charge >= 0.3 is 0 Å². The van der Waals surface area contributed by atoms with Gasteiger partial charge in [0, 0.05) is 17.3 Å². The molecule has 218 valence electrons. The van der Waals surface area contributed by atoms with Gasteiger partial charge in [-0.15, -0.1) is 11.3 Å². The summed E-state index contributed by atoms with van der Waals surface area (Å²) in [7, 11) is -3.88. The minimum absolute atomic E-state index is 0.298. The first kappa shape index (κ1) is 28.8. The molecule has 0 radical (unpaired) electrons. The van der Waals surface area contributed by atoms with E-state index in [1.165, 1.54) is 16.2 Å². The van der Waals surface area contributed by atoms with Crippen LogP contribution in [0.25, 0.3) is 0 Å². The fraction of sp³-hybridized carbons (Fsp3) is 0.643. The molecule has 5 rings (SSSR count). The molecule has 3 heterocycles. The summed E-state index contributed by atoms with van der Waals surface area (Å²) in [5.74, 6) is -2.13. The Morgan fingerprint density at radius 3 is 2.58 bits per heavy atom. The Kier molecular flexibility index (Phi) is 7.86. The summed E-state index contributed by atoms with van der Waals surface area (Å²) in [6.07, 6.45) is 9.88. The standard InChI is InChI=1S/C28H38N4O6S2/c1-18-12-13-22(39-18)24(34)29-20-10-7-5-3-4-6-9-19-17-28(19,26(36)31-40(37,38)27(2)14-15-27)30-23(33)21-11-8-16-32(21)25(20)35/h6,9,12-13,19-21H,3-5,7-8,10-11,14-17H2,1-2H3,(H,29,34)(H,30,33)(H,31,36)/b9-6-/t19?,20-,21?,28+/m0/s1. The molecule has 0 spiro atoms. The smallest absolute Gasteiger partial charge is 0.262 e. The number of sulfonamides is 1. The summed E-state index contributed by atoms with van der Waals surface area (Å²) in [4.78, 5) is 56.8. The third-order valence-corrected chi connectivity index (χ3v) is 11.9. The SMILES string of the molecule is Cc1ccc(C(=O)N[C@H]2CCCCC/C=C\C3C[C@@]3(C(=O)NS(=O)(=O)C3(C)CC3)NC(=O)C3CCCN3C2=O)s1. The molecule has 12 heteroatoms. The van der Waals surface area contributed by atoms with Crippen molar-refractivity contribution in [2.75, 3.05) is 6.54 Å². The van der Waals surface area contributed by atoms with Crippen LogP contribution in [-0.4, -0.2) is 65.9 Å². The summed E-state index contributed by atoms with van der Waals surface area (Å²) >= 11 is 1.36. The maximum atomic E-state index is 13.8. The Morgan fingerprint density at radius 1 is 1.10 bits per heavy atom. The fourth-order valence-corrected chi connectivity index (χ4v) is 7.74. The number of rotatable bonds is 5. The fourth-order valence-electron chi connectivity index (χ4n) is 5.66. The van der Waals surface area contributed by atoms with Crippen molar-refractivity contribution in [3.63, 3.8) is 0 Å². The molecule has 3 fully saturated rings. The number of fused-ring (bicyclic) bond motifs is 2. The second-order valence-corrected chi connectivity index (χ2v) is 15.3. The van der Waals surface area contributed by atoms with Gasteiger partial charge in [-0.3, -0.25) is 23.9 Å². The van der Waals surface area contributed by atoms with Gasteiger partial charge in [-0.2, -0.15) is 0 Å². The third kappa shape index (κ3) is 5.70. The molecule has 1 aromatic heterocycles. The number of aryl methyl sites for hydroxylation is 1. The number of nitrogens with one attached hydrogen (secondary N) is 3. The predicted molar refractivity (Wildman–Crippen MR) is 151 cm³/mol. The van der Waals surface area contributed by atoms with Gasteiger partial charge in [-0.25, -0.2) is 8.42 Å². The van der Waals surface area contributed by atoms with Gasteiger partial charge in [0.15, 0.2) is 0 Å². The van der Waals surface area contributed by atoms with Gasteiger partial charge in [0.25, 0.3) is 11.8 Å². The highest BCUT2D eigenvalue weighted by Crippen LogP contribution is 2.47. The normalized spacial score (nSPS) is 31.1. The van der Waals surface area contributed by atoms with Gasteiger partial charge in [0.05, 0.1) is 9.62 Å². The molecule has 0 aromatic carbocycles. The van der Waals surface area contributed by atoms with E-state index >= 15 is 0 Å². The molecular weight excluding hydrogens is 552 g/mol. The Morgan fingerprint density at radius 2 is 1.88 bits per heavy atom. The second kappa shape index (κ2) is 10.9. The minimum Gasteiger partial charge on any atom is -0.340 e. The summed E-state index contributed by atoms with van der Waals surface area (Å²) in [6.45, 7) is 3.89. The molecule has 4 amide bonds. The maximum Gasteiger partial charge on any atom is 0.262 e. The summed E-state index contributed by atoms with van der Waals surface area (Å²) in [6, 6.07) is 2.04. The van der Waals surface area contributed by atoms with Crippen LogP contribution < -0.4 is 15.4 Å². The van der Waals surface area contributed by atoms with Crippen molar-refractivity contribution < 1.29 is 27.6 Å². The van der Waals surface area contributed by atoms with Crippen LogP contribution in [0.1, 0.15) is 85.7 Å². The predicted octanol–water partition coefficient (Wildman–Crippen LogP) is 2.54. The zero-order valence-corrected chi connectivity index (χ0v) is 24.7. The zero-order valence-electron chi connectivity index (χ0n) is 23.0. The van der Waals surface area contributed by atoms with Gasteiger partial charge < -0.3 is 15.5 Å². The Bertz CT molecular complexity index is 1330. The third-order valence-electron chi connectivity index (χ3n) is 8.73. The summed E-state index contributed by atoms with van der Waals surface area (Å²) < 4.78 is 26.9. The largest absolute Gasteiger partial charge is 0.340 e. The average Bonchev–Trinajstić information content (AvgIpc) is 3.66. The van der Waals surface area contributed by atoms with E-state index in [0.29, 0.717) is 49.9 Å². The summed E-state index contributed by atoms with van der Waals surface area (Å²) in [5, 5.41) is 5.77. The number of hydrogen-bond donors (Lipinski definition) is 3. The van der Waals surface area contributed by atoms with Crippen molar-refractivity contribution >= 4 is 45.0 Å².